The number of nitrogens with zero attached hydrogens (tertiary/aromatic N) is 2. The third-order valence-corrected chi connectivity index (χ3v) is 9.04. The zero-order chi connectivity index (χ0) is 28.1. The Labute approximate surface area is 245 Å². The van der Waals surface area contributed by atoms with Crippen molar-refractivity contribution in [2.45, 2.75) is 0 Å². The smallest absolute Gasteiger partial charge is 0.136 e. The molecule has 10 aromatic rings. The molecule has 0 aliphatic rings. The maximum Gasteiger partial charge on any atom is 0.136 e. The molecule has 7 aromatic carbocycles. The van der Waals surface area contributed by atoms with Gasteiger partial charge in [-0.1, -0.05) is 91.0 Å². The lowest BCUT2D eigenvalue weighted by molar-refractivity contribution is 0.670. The Kier molecular flexibility index (Phi) is 4.45. The normalized spacial score (nSPS) is 12.2. The molecule has 0 unspecified atom stereocenters. The van der Waals surface area contributed by atoms with Crippen LogP contribution >= 0.6 is 0 Å². The summed E-state index contributed by atoms with van der Waals surface area (Å²) in [7, 11) is 0. The van der Waals surface area contributed by atoms with Crippen LogP contribution in [0.5, 0.6) is 0 Å². The van der Waals surface area contributed by atoms with E-state index in [0.717, 1.165) is 49.6 Å². The van der Waals surface area contributed by atoms with E-state index >= 15 is 0 Å². The lowest BCUT2D eigenvalue weighted by Gasteiger charge is -2.12. The van der Waals surface area contributed by atoms with E-state index in [-0.39, 0.29) is 0 Å². The quantitative estimate of drug-likeness (QED) is 0.192. The molecule has 3 nitrogen and oxygen atoms in total. The van der Waals surface area contributed by atoms with Gasteiger partial charge in [0.15, 0.2) is 0 Å². The topological polar surface area (TPSA) is 38.9 Å². The minimum atomic E-state index is 0.912. The zero-order valence-electron chi connectivity index (χ0n) is 23.0. The molecule has 0 amide bonds. The molecular weight excluding hydrogens is 524 g/mol. The highest BCUT2D eigenvalue weighted by Crippen LogP contribution is 2.42. The number of rotatable bonds is 1. The van der Waals surface area contributed by atoms with E-state index in [1.807, 2.05) is 12.3 Å². The van der Waals surface area contributed by atoms with E-state index in [4.69, 9.17) is 9.40 Å². The van der Waals surface area contributed by atoms with Crippen LogP contribution in [0, 0.1) is 0 Å². The van der Waals surface area contributed by atoms with Gasteiger partial charge in [0.2, 0.25) is 0 Å². The largest absolute Gasteiger partial charge is 0.456 e. The SMILES string of the molecule is c1ccc2c(c1)ccc1oc3cc4c5ccc(-c6ccc7ccc8cccnc8c7n6)cc5c5ccccc5c4cc3c12. The van der Waals surface area contributed by atoms with Gasteiger partial charge in [0.1, 0.15) is 11.2 Å². The minimum Gasteiger partial charge on any atom is -0.456 e. The van der Waals surface area contributed by atoms with Crippen molar-refractivity contribution in [3.8, 4) is 11.3 Å². The van der Waals surface area contributed by atoms with Gasteiger partial charge in [-0.2, -0.15) is 0 Å². The fourth-order valence-electron chi connectivity index (χ4n) is 7.04. The number of hydrogen-bond acceptors (Lipinski definition) is 3. The summed E-state index contributed by atoms with van der Waals surface area (Å²) in [5, 5.41) is 14.3. The van der Waals surface area contributed by atoms with Crippen LogP contribution in [0.1, 0.15) is 0 Å². The van der Waals surface area contributed by atoms with Crippen LogP contribution in [0.2, 0.25) is 0 Å². The summed E-state index contributed by atoms with van der Waals surface area (Å²) in [4.78, 5) is 9.79. The van der Waals surface area contributed by atoms with E-state index in [9.17, 15) is 0 Å². The van der Waals surface area contributed by atoms with Gasteiger partial charge in [-0.15, -0.1) is 0 Å². The Morgan fingerprint density at radius 3 is 1.98 bits per heavy atom. The number of fused-ring (bicyclic) bond motifs is 14. The molecular formula is C40H22N2O. The van der Waals surface area contributed by atoms with Gasteiger partial charge in [0.05, 0.1) is 16.7 Å². The summed E-state index contributed by atoms with van der Waals surface area (Å²) in [6.45, 7) is 0. The second kappa shape index (κ2) is 8.37. The lowest BCUT2D eigenvalue weighted by Crippen LogP contribution is -1.89. The number of benzene rings is 7. The van der Waals surface area contributed by atoms with Crippen LogP contribution in [-0.2, 0) is 0 Å². The summed E-state index contributed by atoms with van der Waals surface area (Å²) in [6.07, 6.45) is 1.84. The summed E-state index contributed by atoms with van der Waals surface area (Å²) in [5.41, 5.74) is 5.72. The Bertz CT molecular complexity index is 2790. The van der Waals surface area contributed by atoms with Crippen LogP contribution in [-0.4, -0.2) is 9.97 Å². The predicted molar refractivity (Wildman–Crippen MR) is 180 cm³/mol. The van der Waals surface area contributed by atoms with E-state index in [1.54, 1.807) is 0 Å². The maximum atomic E-state index is 6.48. The first-order valence-electron chi connectivity index (χ1n) is 14.6. The van der Waals surface area contributed by atoms with Crippen molar-refractivity contribution >= 4 is 86.8 Å². The molecule has 0 atom stereocenters. The molecule has 0 aliphatic heterocycles. The monoisotopic (exact) mass is 546 g/mol. The summed E-state index contributed by atoms with van der Waals surface area (Å²) in [5.74, 6) is 0. The highest BCUT2D eigenvalue weighted by atomic mass is 16.3. The molecule has 0 aliphatic carbocycles. The molecule has 0 saturated heterocycles. The highest BCUT2D eigenvalue weighted by molar-refractivity contribution is 6.30. The molecule has 0 bridgehead atoms. The third-order valence-electron chi connectivity index (χ3n) is 9.04. The van der Waals surface area contributed by atoms with Gasteiger partial charge >= 0.3 is 0 Å². The molecule has 43 heavy (non-hydrogen) atoms. The maximum absolute atomic E-state index is 6.48. The fraction of sp³-hybridized carbons (Fsp3) is 0. The van der Waals surface area contributed by atoms with Crippen LogP contribution in [0.15, 0.2) is 138 Å². The first kappa shape index (κ1) is 22.8. The predicted octanol–water partition coefficient (Wildman–Crippen LogP) is 11.0. The van der Waals surface area contributed by atoms with Crippen molar-refractivity contribution in [2.24, 2.45) is 0 Å². The standard InChI is InChI=1S/C40H22N2O/c1-2-8-27-23(6-1)15-18-36-38(27)34-21-32-29-10-4-3-9-28(29)31-20-26(13-16-30(31)33(32)22-37(34)43-36)35-17-14-25-12-11-24-7-5-19-41-39(24)40(25)42-35/h1-22H. The minimum absolute atomic E-state index is 0.912. The van der Waals surface area contributed by atoms with Crippen molar-refractivity contribution in [2.75, 3.05) is 0 Å². The second-order valence-corrected chi connectivity index (χ2v) is 11.4. The summed E-state index contributed by atoms with van der Waals surface area (Å²) >= 11 is 0. The Balaban J connectivity index is 1.27. The average Bonchev–Trinajstić information content (AvgIpc) is 3.45. The second-order valence-electron chi connectivity index (χ2n) is 11.4. The molecule has 0 spiro atoms. The zero-order valence-corrected chi connectivity index (χ0v) is 23.0. The van der Waals surface area contributed by atoms with Crippen LogP contribution in [0.25, 0.3) is 98.1 Å². The Hall–Kier alpha value is -5.80. The van der Waals surface area contributed by atoms with Crippen molar-refractivity contribution in [1.29, 1.82) is 0 Å². The van der Waals surface area contributed by atoms with Gasteiger partial charge in [0, 0.05) is 33.3 Å². The number of furan rings is 1. The number of hydrogen-bond donors (Lipinski definition) is 0. The summed E-state index contributed by atoms with van der Waals surface area (Å²) in [6, 6.07) is 45.4. The van der Waals surface area contributed by atoms with Gasteiger partial charge in [-0.25, -0.2) is 4.98 Å². The Morgan fingerprint density at radius 2 is 1.09 bits per heavy atom. The molecule has 198 valence electrons. The fourth-order valence-corrected chi connectivity index (χ4v) is 7.04. The number of aromatic nitrogens is 2. The molecule has 3 heteroatoms. The van der Waals surface area contributed by atoms with Crippen molar-refractivity contribution < 1.29 is 4.42 Å². The molecule has 0 radical (unpaired) electrons. The lowest BCUT2D eigenvalue weighted by atomic mass is 9.91. The average molecular weight is 547 g/mol. The molecule has 0 N–H and O–H groups in total. The number of pyridine rings is 2. The van der Waals surface area contributed by atoms with Gasteiger partial charge < -0.3 is 4.42 Å². The van der Waals surface area contributed by atoms with Gasteiger partial charge in [0.25, 0.3) is 0 Å². The van der Waals surface area contributed by atoms with E-state index < -0.39 is 0 Å². The van der Waals surface area contributed by atoms with Crippen LogP contribution in [0.3, 0.4) is 0 Å². The van der Waals surface area contributed by atoms with E-state index in [2.05, 4.69) is 126 Å². The Morgan fingerprint density at radius 1 is 0.419 bits per heavy atom. The molecule has 0 saturated carbocycles. The van der Waals surface area contributed by atoms with Crippen molar-refractivity contribution in [1.82, 2.24) is 9.97 Å². The van der Waals surface area contributed by atoms with Crippen LogP contribution in [0.4, 0.5) is 0 Å². The third kappa shape index (κ3) is 3.19. The first-order valence-corrected chi connectivity index (χ1v) is 14.6. The van der Waals surface area contributed by atoms with E-state index in [0.29, 0.717) is 0 Å². The molecule has 3 heterocycles. The molecule has 0 fully saturated rings. The highest BCUT2D eigenvalue weighted by Gasteiger charge is 2.16. The van der Waals surface area contributed by atoms with Gasteiger partial charge in [-0.3, -0.25) is 4.98 Å². The van der Waals surface area contributed by atoms with Crippen molar-refractivity contribution in [3.05, 3.63) is 134 Å². The van der Waals surface area contributed by atoms with Crippen molar-refractivity contribution in [3.63, 3.8) is 0 Å². The van der Waals surface area contributed by atoms with Crippen LogP contribution < -0.4 is 0 Å². The first-order chi connectivity index (χ1) is 21.3. The van der Waals surface area contributed by atoms with Gasteiger partial charge in [-0.05, 0) is 79.5 Å². The molecule has 10 rings (SSSR count). The molecule has 3 aromatic heterocycles. The summed E-state index contributed by atoms with van der Waals surface area (Å²) < 4.78 is 6.48. The van der Waals surface area contributed by atoms with E-state index in [1.165, 1.54) is 48.5 Å².